The van der Waals surface area contributed by atoms with Gasteiger partial charge in [-0.15, -0.1) is 0 Å². The Bertz CT molecular complexity index is 1170. The molecule has 5 N–H and O–H groups in total. The van der Waals surface area contributed by atoms with Gasteiger partial charge in [0.25, 0.3) is 5.91 Å². The van der Waals surface area contributed by atoms with E-state index in [1.165, 1.54) is 0 Å². The molecule has 0 spiro atoms. The molecule has 3 aromatic carbocycles. The molecule has 1 unspecified atom stereocenters. The van der Waals surface area contributed by atoms with Gasteiger partial charge in [0, 0.05) is 18.1 Å². The summed E-state index contributed by atoms with van der Waals surface area (Å²) in [5.41, 5.74) is 15.5. The van der Waals surface area contributed by atoms with Crippen molar-refractivity contribution in [3.05, 3.63) is 83.9 Å². The lowest BCUT2D eigenvalue weighted by molar-refractivity contribution is 0.102. The molecule has 0 heterocycles. The first kappa shape index (κ1) is 24.1. The molecule has 0 aliphatic heterocycles. The second-order valence-corrected chi connectivity index (χ2v) is 11.9. The Morgan fingerprint density at radius 2 is 1.64 bits per heavy atom. The molecule has 172 valence electrons. The number of ether oxygens (including phenoxy) is 1. The topological polar surface area (TPSA) is 125 Å². The normalized spacial score (nSPS) is 12.1. The minimum atomic E-state index is -2.42. The van der Waals surface area contributed by atoms with Crippen molar-refractivity contribution in [3.8, 4) is 11.1 Å². The summed E-state index contributed by atoms with van der Waals surface area (Å²) in [7, 11) is -2.42. The highest BCUT2D eigenvalue weighted by molar-refractivity contribution is 7.62. The standard InChI is InChI=1S/C25H28N3O4P/c1-33(2,31)16-21(32-25(27)30)14-17-8-10-19(11-9-17)24(29)28-23-15-20(12-13-22(23)26)18-6-4-3-5-7-18/h3-13,15,21H,14,16,26H2,1-2H3,(H2,27,30)(H,28,29). The molecule has 7 nitrogen and oxygen atoms in total. The van der Waals surface area contributed by atoms with E-state index >= 15 is 0 Å². The number of primary amides is 1. The van der Waals surface area contributed by atoms with Crippen LogP contribution in [0.3, 0.4) is 0 Å². The third-order valence-electron chi connectivity index (χ3n) is 5.01. The number of benzene rings is 3. The van der Waals surface area contributed by atoms with Crippen molar-refractivity contribution in [2.45, 2.75) is 12.5 Å². The van der Waals surface area contributed by atoms with Crippen LogP contribution in [0.2, 0.25) is 0 Å². The summed E-state index contributed by atoms with van der Waals surface area (Å²) >= 11 is 0. The molecule has 0 saturated heterocycles. The highest BCUT2D eigenvalue weighted by atomic mass is 31.2. The number of nitrogens with two attached hydrogens (primary N) is 2. The lowest BCUT2D eigenvalue weighted by Crippen LogP contribution is -2.27. The molecule has 0 bridgehead atoms. The van der Waals surface area contributed by atoms with E-state index in [0.717, 1.165) is 16.7 Å². The molecule has 1 atom stereocenters. The summed E-state index contributed by atoms with van der Waals surface area (Å²) in [6, 6.07) is 22.2. The van der Waals surface area contributed by atoms with Crippen LogP contribution in [0.15, 0.2) is 72.8 Å². The van der Waals surface area contributed by atoms with Crippen LogP contribution in [-0.4, -0.2) is 37.6 Å². The molecule has 8 heteroatoms. The van der Waals surface area contributed by atoms with E-state index in [2.05, 4.69) is 5.32 Å². The largest absolute Gasteiger partial charge is 0.446 e. The zero-order chi connectivity index (χ0) is 24.0. The Morgan fingerprint density at radius 3 is 2.24 bits per heavy atom. The molecular formula is C25H28N3O4P. The molecule has 3 rings (SSSR count). The van der Waals surface area contributed by atoms with Crippen LogP contribution in [0.4, 0.5) is 16.2 Å². The zero-order valence-electron chi connectivity index (χ0n) is 18.7. The highest BCUT2D eigenvalue weighted by Crippen LogP contribution is 2.37. The summed E-state index contributed by atoms with van der Waals surface area (Å²) in [5, 5.41) is 2.87. The van der Waals surface area contributed by atoms with E-state index < -0.39 is 19.3 Å². The van der Waals surface area contributed by atoms with Gasteiger partial charge in [-0.25, -0.2) is 4.79 Å². The fraction of sp³-hybridized carbons (Fsp3) is 0.200. The van der Waals surface area contributed by atoms with Gasteiger partial charge in [-0.1, -0.05) is 48.5 Å². The van der Waals surface area contributed by atoms with Crippen LogP contribution >= 0.6 is 7.14 Å². The molecule has 0 fully saturated rings. The number of nitrogen functional groups attached to an aromatic ring is 1. The second-order valence-electron chi connectivity index (χ2n) is 8.34. The highest BCUT2D eigenvalue weighted by Gasteiger charge is 2.21. The van der Waals surface area contributed by atoms with Crippen LogP contribution in [0, 0.1) is 0 Å². The molecule has 0 aromatic heterocycles. The van der Waals surface area contributed by atoms with Gasteiger partial charge < -0.3 is 26.1 Å². The van der Waals surface area contributed by atoms with E-state index in [-0.39, 0.29) is 12.1 Å². The van der Waals surface area contributed by atoms with Crippen LogP contribution in [0.5, 0.6) is 0 Å². The van der Waals surface area contributed by atoms with Crippen LogP contribution in [0.1, 0.15) is 15.9 Å². The average Bonchev–Trinajstić information content (AvgIpc) is 2.74. The molecular weight excluding hydrogens is 437 g/mol. The Morgan fingerprint density at radius 1 is 0.970 bits per heavy atom. The van der Waals surface area contributed by atoms with Gasteiger partial charge in [0.05, 0.1) is 18.5 Å². The zero-order valence-corrected chi connectivity index (χ0v) is 19.5. The first-order valence-electron chi connectivity index (χ1n) is 10.5. The van der Waals surface area contributed by atoms with E-state index in [9.17, 15) is 14.2 Å². The average molecular weight is 465 g/mol. The van der Waals surface area contributed by atoms with Crippen molar-refractivity contribution in [3.63, 3.8) is 0 Å². The van der Waals surface area contributed by atoms with Gasteiger partial charge >= 0.3 is 6.09 Å². The first-order chi connectivity index (χ1) is 15.6. The maximum Gasteiger partial charge on any atom is 0.404 e. The fourth-order valence-electron chi connectivity index (χ4n) is 3.52. The fourth-order valence-corrected chi connectivity index (χ4v) is 4.71. The molecule has 0 aliphatic carbocycles. The number of nitrogens with one attached hydrogen (secondary N) is 1. The van der Waals surface area contributed by atoms with Gasteiger partial charge in [0.2, 0.25) is 0 Å². The third-order valence-corrected chi connectivity index (χ3v) is 6.30. The quantitative estimate of drug-likeness (QED) is 0.325. The lowest BCUT2D eigenvalue weighted by Gasteiger charge is -2.19. The number of hydrogen-bond acceptors (Lipinski definition) is 5. The lowest BCUT2D eigenvalue weighted by atomic mass is 10.0. The van der Waals surface area contributed by atoms with E-state index in [1.807, 2.05) is 42.5 Å². The molecule has 3 aromatic rings. The Hall–Kier alpha value is -3.57. The Balaban J connectivity index is 1.71. The molecule has 0 saturated carbocycles. The van der Waals surface area contributed by atoms with Crippen molar-refractivity contribution < 1.29 is 18.9 Å². The van der Waals surface area contributed by atoms with Crippen LogP contribution in [-0.2, 0) is 15.7 Å². The molecule has 2 amide bonds. The molecule has 0 radical (unpaired) electrons. The summed E-state index contributed by atoms with van der Waals surface area (Å²) in [5.74, 6) is -0.296. The maximum atomic E-state index is 12.8. The third kappa shape index (κ3) is 7.22. The monoisotopic (exact) mass is 465 g/mol. The number of carbonyl (C=O) groups excluding carboxylic acids is 2. The summed E-state index contributed by atoms with van der Waals surface area (Å²) in [4.78, 5) is 24.0. The van der Waals surface area contributed by atoms with E-state index in [4.69, 9.17) is 16.2 Å². The van der Waals surface area contributed by atoms with Gasteiger partial charge in [-0.05, 0) is 54.3 Å². The molecule has 0 aliphatic rings. The second kappa shape index (κ2) is 10.4. The predicted octanol–water partition coefficient (Wildman–Crippen LogP) is 4.82. The van der Waals surface area contributed by atoms with E-state index in [0.29, 0.717) is 23.4 Å². The van der Waals surface area contributed by atoms with Gasteiger partial charge in [-0.3, -0.25) is 4.79 Å². The number of amides is 2. The summed E-state index contributed by atoms with van der Waals surface area (Å²) in [6.45, 7) is 3.27. The predicted molar refractivity (Wildman–Crippen MR) is 133 cm³/mol. The molecule has 33 heavy (non-hydrogen) atoms. The maximum absolute atomic E-state index is 12.8. The Kier molecular flexibility index (Phi) is 7.56. The number of hydrogen-bond donors (Lipinski definition) is 3. The van der Waals surface area contributed by atoms with E-state index in [1.54, 1.807) is 43.7 Å². The van der Waals surface area contributed by atoms with Gasteiger partial charge in [-0.2, -0.15) is 0 Å². The van der Waals surface area contributed by atoms with Crippen LogP contribution < -0.4 is 16.8 Å². The summed E-state index contributed by atoms with van der Waals surface area (Å²) < 4.78 is 17.3. The van der Waals surface area contributed by atoms with Crippen molar-refractivity contribution >= 4 is 30.5 Å². The number of anilines is 2. The number of carbonyl (C=O) groups is 2. The van der Waals surface area contributed by atoms with Gasteiger partial charge in [0.1, 0.15) is 6.10 Å². The van der Waals surface area contributed by atoms with Crippen molar-refractivity contribution in [1.29, 1.82) is 0 Å². The van der Waals surface area contributed by atoms with Crippen molar-refractivity contribution in [1.82, 2.24) is 0 Å². The smallest absolute Gasteiger partial charge is 0.404 e. The SMILES string of the molecule is CP(C)(=O)CC(Cc1ccc(C(=O)Nc2cc(-c3ccccc3)ccc2N)cc1)OC(N)=O. The van der Waals surface area contributed by atoms with Crippen molar-refractivity contribution in [2.24, 2.45) is 5.73 Å². The summed E-state index contributed by atoms with van der Waals surface area (Å²) in [6.07, 6.45) is -0.916. The van der Waals surface area contributed by atoms with Gasteiger partial charge in [0.15, 0.2) is 0 Å². The van der Waals surface area contributed by atoms with Crippen molar-refractivity contribution in [2.75, 3.05) is 30.5 Å². The minimum Gasteiger partial charge on any atom is -0.446 e. The van der Waals surface area contributed by atoms with Crippen LogP contribution in [0.25, 0.3) is 11.1 Å². The number of rotatable bonds is 8. The first-order valence-corrected chi connectivity index (χ1v) is 13.2. The Labute approximate surface area is 193 Å². The minimum absolute atomic E-state index is 0.231.